The Kier molecular flexibility index (Phi) is 3.68. The van der Waals surface area contributed by atoms with Crippen LogP contribution >= 0.6 is 0 Å². The summed E-state index contributed by atoms with van der Waals surface area (Å²) in [4.78, 5) is 4.61. The van der Waals surface area contributed by atoms with E-state index in [0.717, 1.165) is 23.3 Å². The molecule has 0 unspecified atom stereocenters. The smallest absolute Gasteiger partial charge is 0.123 e. The van der Waals surface area contributed by atoms with Crippen LogP contribution in [0.5, 0.6) is 0 Å². The molecule has 0 spiro atoms. The maximum absolute atomic E-state index is 9.01. The Balaban J connectivity index is 2.15. The maximum Gasteiger partial charge on any atom is 0.123 e. The SMILES string of the molecule is Cn1c(CNC(C)(C)CCO)nc2ccccc21. The number of nitrogens with zero attached hydrogens (tertiary/aromatic N) is 2. The highest BCUT2D eigenvalue weighted by atomic mass is 16.3. The minimum Gasteiger partial charge on any atom is -0.396 e. The van der Waals surface area contributed by atoms with Gasteiger partial charge in [-0.1, -0.05) is 12.1 Å². The van der Waals surface area contributed by atoms with Crippen LogP contribution in [0.1, 0.15) is 26.1 Å². The monoisotopic (exact) mass is 247 g/mol. The number of para-hydroxylation sites is 2. The standard InChI is InChI=1S/C14H21N3O/c1-14(2,8-9-18)15-10-13-16-11-6-4-5-7-12(11)17(13)3/h4-7,15,18H,8-10H2,1-3H3. The van der Waals surface area contributed by atoms with Crippen LogP contribution in [0.2, 0.25) is 0 Å². The van der Waals surface area contributed by atoms with Crippen LogP contribution in [0.25, 0.3) is 11.0 Å². The van der Waals surface area contributed by atoms with Crippen molar-refractivity contribution >= 4 is 11.0 Å². The van der Waals surface area contributed by atoms with E-state index in [4.69, 9.17) is 5.11 Å². The number of fused-ring (bicyclic) bond motifs is 1. The van der Waals surface area contributed by atoms with E-state index in [-0.39, 0.29) is 12.1 Å². The summed E-state index contributed by atoms with van der Waals surface area (Å²) in [5.41, 5.74) is 2.10. The zero-order valence-corrected chi connectivity index (χ0v) is 11.3. The quantitative estimate of drug-likeness (QED) is 0.847. The molecule has 0 amide bonds. The van der Waals surface area contributed by atoms with E-state index in [2.05, 4.69) is 34.8 Å². The van der Waals surface area contributed by atoms with Crippen molar-refractivity contribution in [3.05, 3.63) is 30.1 Å². The molecule has 2 aromatic rings. The van der Waals surface area contributed by atoms with Gasteiger partial charge in [-0.3, -0.25) is 0 Å². The molecule has 2 rings (SSSR count). The number of aromatic nitrogens is 2. The van der Waals surface area contributed by atoms with Gasteiger partial charge in [-0.05, 0) is 32.4 Å². The average Bonchev–Trinajstić information content (AvgIpc) is 2.65. The molecular formula is C14H21N3O. The van der Waals surface area contributed by atoms with E-state index < -0.39 is 0 Å². The number of nitrogens with one attached hydrogen (secondary N) is 1. The van der Waals surface area contributed by atoms with Gasteiger partial charge in [0.05, 0.1) is 17.6 Å². The van der Waals surface area contributed by atoms with Crippen molar-refractivity contribution < 1.29 is 5.11 Å². The molecule has 4 heteroatoms. The van der Waals surface area contributed by atoms with Crippen LogP contribution in [0.15, 0.2) is 24.3 Å². The van der Waals surface area contributed by atoms with Gasteiger partial charge in [-0.2, -0.15) is 0 Å². The third-order valence-electron chi connectivity index (χ3n) is 3.34. The Morgan fingerprint density at radius 3 is 2.72 bits per heavy atom. The minimum absolute atomic E-state index is 0.0765. The molecule has 18 heavy (non-hydrogen) atoms. The lowest BCUT2D eigenvalue weighted by Crippen LogP contribution is -2.40. The van der Waals surface area contributed by atoms with E-state index in [0.29, 0.717) is 6.54 Å². The van der Waals surface area contributed by atoms with E-state index in [9.17, 15) is 0 Å². The molecule has 1 aromatic carbocycles. The van der Waals surface area contributed by atoms with Crippen LogP contribution in [-0.2, 0) is 13.6 Å². The molecule has 0 bridgehead atoms. The molecule has 0 aliphatic rings. The highest BCUT2D eigenvalue weighted by Gasteiger charge is 2.17. The van der Waals surface area contributed by atoms with Gasteiger partial charge in [0.25, 0.3) is 0 Å². The Morgan fingerprint density at radius 2 is 2.06 bits per heavy atom. The second-order valence-electron chi connectivity index (χ2n) is 5.29. The van der Waals surface area contributed by atoms with Crippen LogP contribution in [0, 0.1) is 0 Å². The molecule has 0 fully saturated rings. The average molecular weight is 247 g/mol. The van der Waals surface area contributed by atoms with Crippen molar-refractivity contribution in [1.82, 2.24) is 14.9 Å². The number of hydrogen-bond donors (Lipinski definition) is 2. The molecular weight excluding hydrogens is 226 g/mol. The summed E-state index contributed by atoms with van der Waals surface area (Å²) in [6.45, 7) is 5.08. The van der Waals surface area contributed by atoms with E-state index in [1.165, 1.54) is 0 Å². The fraction of sp³-hybridized carbons (Fsp3) is 0.500. The Labute approximate surface area is 108 Å². The first-order chi connectivity index (χ1) is 8.53. The number of aliphatic hydroxyl groups excluding tert-OH is 1. The first-order valence-corrected chi connectivity index (χ1v) is 6.30. The summed E-state index contributed by atoms with van der Waals surface area (Å²) in [6, 6.07) is 8.13. The molecule has 98 valence electrons. The number of imidazole rings is 1. The van der Waals surface area contributed by atoms with Crippen molar-refractivity contribution in [3.63, 3.8) is 0 Å². The molecule has 2 N–H and O–H groups in total. The summed E-state index contributed by atoms with van der Waals surface area (Å²) >= 11 is 0. The lowest BCUT2D eigenvalue weighted by molar-refractivity contribution is 0.229. The lowest BCUT2D eigenvalue weighted by atomic mass is 10.0. The molecule has 0 radical (unpaired) electrons. The zero-order chi connectivity index (χ0) is 13.2. The molecule has 0 atom stereocenters. The number of rotatable bonds is 5. The molecule has 0 saturated carbocycles. The molecule has 4 nitrogen and oxygen atoms in total. The van der Waals surface area contributed by atoms with Gasteiger partial charge in [-0.15, -0.1) is 0 Å². The van der Waals surface area contributed by atoms with Crippen molar-refractivity contribution in [2.75, 3.05) is 6.61 Å². The van der Waals surface area contributed by atoms with Crippen LogP contribution in [0.4, 0.5) is 0 Å². The second kappa shape index (κ2) is 5.08. The van der Waals surface area contributed by atoms with Crippen molar-refractivity contribution in [2.24, 2.45) is 7.05 Å². The van der Waals surface area contributed by atoms with Gasteiger partial charge >= 0.3 is 0 Å². The van der Waals surface area contributed by atoms with Gasteiger partial charge in [0.1, 0.15) is 5.82 Å². The summed E-state index contributed by atoms with van der Waals surface area (Å²) < 4.78 is 2.11. The Hall–Kier alpha value is -1.39. The maximum atomic E-state index is 9.01. The first-order valence-electron chi connectivity index (χ1n) is 6.30. The molecule has 0 aliphatic heterocycles. The highest BCUT2D eigenvalue weighted by molar-refractivity contribution is 5.75. The van der Waals surface area contributed by atoms with E-state index >= 15 is 0 Å². The highest BCUT2D eigenvalue weighted by Crippen LogP contribution is 2.15. The van der Waals surface area contributed by atoms with E-state index in [1.807, 2.05) is 25.2 Å². The zero-order valence-electron chi connectivity index (χ0n) is 11.3. The summed E-state index contributed by atoms with van der Waals surface area (Å²) in [7, 11) is 2.03. The lowest BCUT2D eigenvalue weighted by Gasteiger charge is -2.25. The van der Waals surface area contributed by atoms with Gasteiger partial charge in [0, 0.05) is 19.2 Å². The fourth-order valence-corrected chi connectivity index (χ4v) is 2.04. The van der Waals surface area contributed by atoms with Gasteiger partial charge in [0.15, 0.2) is 0 Å². The van der Waals surface area contributed by atoms with Crippen molar-refractivity contribution in [2.45, 2.75) is 32.4 Å². The number of aliphatic hydroxyl groups is 1. The second-order valence-corrected chi connectivity index (χ2v) is 5.29. The van der Waals surface area contributed by atoms with Crippen LogP contribution < -0.4 is 5.32 Å². The van der Waals surface area contributed by atoms with Crippen molar-refractivity contribution in [3.8, 4) is 0 Å². The third kappa shape index (κ3) is 2.71. The van der Waals surface area contributed by atoms with Crippen LogP contribution in [-0.4, -0.2) is 26.8 Å². The fourth-order valence-electron chi connectivity index (χ4n) is 2.04. The molecule has 1 heterocycles. The summed E-state index contributed by atoms with van der Waals surface area (Å²) in [5, 5.41) is 12.4. The summed E-state index contributed by atoms with van der Waals surface area (Å²) in [6.07, 6.45) is 0.733. The molecule has 1 aromatic heterocycles. The number of aryl methyl sites for hydroxylation is 1. The topological polar surface area (TPSA) is 50.1 Å². The summed E-state index contributed by atoms with van der Waals surface area (Å²) in [5.74, 6) is 1.02. The minimum atomic E-state index is -0.0765. The third-order valence-corrected chi connectivity index (χ3v) is 3.34. The predicted octanol–water partition coefficient (Wildman–Crippen LogP) is 1.82. The Bertz CT molecular complexity index is 531. The number of benzene rings is 1. The van der Waals surface area contributed by atoms with Gasteiger partial charge in [-0.25, -0.2) is 4.98 Å². The van der Waals surface area contributed by atoms with Gasteiger partial charge in [0.2, 0.25) is 0 Å². The first kappa shape index (κ1) is 13.1. The van der Waals surface area contributed by atoms with Crippen molar-refractivity contribution in [1.29, 1.82) is 0 Å². The van der Waals surface area contributed by atoms with Gasteiger partial charge < -0.3 is 15.0 Å². The Morgan fingerprint density at radius 1 is 1.33 bits per heavy atom. The molecule has 0 aliphatic carbocycles. The molecule has 0 saturated heterocycles. The van der Waals surface area contributed by atoms with E-state index in [1.54, 1.807) is 0 Å². The number of hydrogen-bond acceptors (Lipinski definition) is 3. The largest absolute Gasteiger partial charge is 0.396 e. The van der Waals surface area contributed by atoms with Crippen LogP contribution in [0.3, 0.4) is 0 Å². The predicted molar refractivity (Wildman–Crippen MR) is 73.3 cm³/mol. The normalized spacial score (nSPS) is 12.2.